The molecule has 6 heteroatoms. The number of halogens is 1. The number of fused-ring (bicyclic) bond motifs is 2. The highest BCUT2D eigenvalue weighted by Crippen LogP contribution is 2.41. The van der Waals surface area contributed by atoms with Gasteiger partial charge in [-0.3, -0.25) is 0 Å². The summed E-state index contributed by atoms with van der Waals surface area (Å²) in [5.41, 5.74) is 2.45. The fourth-order valence-electron chi connectivity index (χ4n) is 2.22. The van der Waals surface area contributed by atoms with E-state index in [1.165, 1.54) is 33.8 Å². The lowest BCUT2D eigenvalue weighted by atomic mass is 10.2. The zero-order valence-electron chi connectivity index (χ0n) is 9.85. The van der Waals surface area contributed by atoms with Gasteiger partial charge >= 0.3 is 0 Å². The fraction of sp³-hybridized carbons (Fsp3) is 0.231. The molecule has 0 atom stereocenters. The minimum absolute atomic E-state index is 0.554. The molecule has 0 saturated carbocycles. The van der Waals surface area contributed by atoms with Crippen molar-refractivity contribution in [3.63, 3.8) is 0 Å². The zero-order chi connectivity index (χ0) is 12.8. The number of thioether (sulfide) groups is 1. The molecule has 2 nitrogen and oxygen atoms in total. The predicted octanol–water partition coefficient (Wildman–Crippen LogP) is 4.86. The van der Waals surface area contributed by atoms with Crippen molar-refractivity contribution in [3.05, 3.63) is 34.1 Å². The van der Waals surface area contributed by atoms with Crippen LogP contribution in [0.3, 0.4) is 0 Å². The van der Waals surface area contributed by atoms with Gasteiger partial charge in [0.2, 0.25) is 0 Å². The minimum atomic E-state index is 0.554. The van der Waals surface area contributed by atoms with Gasteiger partial charge in [0.05, 0.1) is 10.2 Å². The van der Waals surface area contributed by atoms with Gasteiger partial charge in [-0.25, -0.2) is 9.97 Å². The van der Waals surface area contributed by atoms with Crippen LogP contribution in [0.4, 0.5) is 0 Å². The zero-order valence-corrected chi connectivity index (χ0v) is 13.1. The van der Waals surface area contributed by atoms with Gasteiger partial charge in [0.1, 0.15) is 11.5 Å². The highest BCUT2D eigenvalue weighted by Gasteiger charge is 2.16. The minimum Gasteiger partial charge on any atom is -0.235 e. The first-order valence-corrected chi connectivity index (χ1v) is 9.07. The van der Waals surface area contributed by atoms with Crippen LogP contribution in [0, 0.1) is 0 Å². The molecule has 3 aromatic heterocycles. The molecule has 3 aromatic rings. The summed E-state index contributed by atoms with van der Waals surface area (Å²) in [7, 11) is 0. The summed E-state index contributed by atoms with van der Waals surface area (Å²) in [5.74, 6) is 2.40. The highest BCUT2D eigenvalue weighted by atomic mass is 35.5. The lowest BCUT2D eigenvalue weighted by Gasteiger charge is -2.08. The molecule has 4 rings (SSSR count). The number of aryl methyl sites for hydroxylation is 1. The van der Waals surface area contributed by atoms with Crippen molar-refractivity contribution in [1.29, 1.82) is 0 Å². The third-order valence-electron chi connectivity index (χ3n) is 3.14. The summed E-state index contributed by atoms with van der Waals surface area (Å²) in [5, 5.41) is 0.554. The van der Waals surface area contributed by atoms with Crippen LogP contribution in [-0.2, 0) is 12.2 Å². The lowest BCUT2D eigenvalue weighted by Crippen LogP contribution is -1.96. The summed E-state index contributed by atoms with van der Waals surface area (Å²) in [6.07, 6.45) is 2.73. The Morgan fingerprint density at radius 1 is 1.11 bits per heavy atom. The Hall–Kier alpha value is -0.620. The van der Waals surface area contributed by atoms with E-state index in [0.29, 0.717) is 5.15 Å². The van der Waals surface area contributed by atoms with E-state index in [1.807, 2.05) is 23.1 Å². The molecule has 1 aliphatic heterocycles. The molecule has 0 spiro atoms. The molecule has 19 heavy (non-hydrogen) atoms. The van der Waals surface area contributed by atoms with Gasteiger partial charge < -0.3 is 0 Å². The summed E-state index contributed by atoms with van der Waals surface area (Å²) >= 11 is 11.7. The third kappa shape index (κ3) is 2.09. The van der Waals surface area contributed by atoms with E-state index in [1.54, 1.807) is 16.2 Å². The average molecular weight is 325 g/mol. The molecule has 0 saturated heterocycles. The lowest BCUT2D eigenvalue weighted by molar-refractivity contribution is 1.13. The summed E-state index contributed by atoms with van der Waals surface area (Å²) in [4.78, 5) is 12.5. The molecular formula is C13H9ClN2S3. The quantitative estimate of drug-likeness (QED) is 0.598. The van der Waals surface area contributed by atoms with E-state index in [2.05, 4.69) is 22.1 Å². The second-order valence-corrected chi connectivity index (χ2v) is 8.00. The highest BCUT2D eigenvalue weighted by molar-refractivity contribution is 7.98. The SMILES string of the molecule is Clc1ncnc2cc(-c3cc4c(s3)CCSC4)sc12. The first-order valence-electron chi connectivity index (χ1n) is 5.91. The summed E-state index contributed by atoms with van der Waals surface area (Å²) in [6.45, 7) is 0. The Labute approximate surface area is 127 Å². The van der Waals surface area contributed by atoms with Crippen LogP contribution in [0.1, 0.15) is 10.4 Å². The van der Waals surface area contributed by atoms with Crippen molar-refractivity contribution in [3.8, 4) is 9.75 Å². The molecule has 4 heterocycles. The third-order valence-corrected chi connectivity index (χ3v) is 7.11. The Morgan fingerprint density at radius 2 is 2.00 bits per heavy atom. The molecule has 0 unspecified atom stereocenters. The van der Waals surface area contributed by atoms with Gasteiger partial charge in [-0.15, -0.1) is 22.7 Å². The molecule has 0 aliphatic carbocycles. The normalized spacial score (nSPS) is 14.8. The van der Waals surface area contributed by atoms with Crippen LogP contribution in [0.5, 0.6) is 0 Å². The molecule has 0 aromatic carbocycles. The first kappa shape index (κ1) is 12.1. The Bertz CT molecular complexity index is 739. The number of thiophene rings is 2. The van der Waals surface area contributed by atoms with Crippen molar-refractivity contribution >= 4 is 56.3 Å². The van der Waals surface area contributed by atoms with Crippen LogP contribution < -0.4 is 0 Å². The number of rotatable bonds is 1. The standard InChI is InChI=1S/C13H9ClN2S3/c14-13-12-8(15-6-16-13)4-11(19-12)10-3-7-5-17-2-1-9(7)18-10/h3-4,6H,1-2,5H2. The van der Waals surface area contributed by atoms with E-state index in [0.717, 1.165) is 16.0 Å². The van der Waals surface area contributed by atoms with Gasteiger partial charge in [0.15, 0.2) is 0 Å². The monoisotopic (exact) mass is 324 g/mol. The van der Waals surface area contributed by atoms with Crippen LogP contribution in [0.25, 0.3) is 20.0 Å². The molecule has 1 aliphatic rings. The van der Waals surface area contributed by atoms with Crippen LogP contribution in [0.2, 0.25) is 5.15 Å². The van der Waals surface area contributed by atoms with Gasteiger partial charge in [-0.1, -0.05) is 11.6 Å². The molecule has 0 radical (unpaired) electrons. The second-order valence-electron chi connectivity index (χ2n) is 4.35. The largest absolute Gasteiger partial charge is 0.235 e. The van der Waals surface area contributed by atoms with Crippen molar-refractivity contribution in [1.82, 2.24) is 9.97 Å². The Kier molecular flexibility index (Phi) is 3.03. The Morgan fingerprint density at radius 3 is 2.84 bits per heavy atom. The molecule has 0 bridgehead atoms. The van der Waals surface area contributed by atoms with Gasteiger partial charge in [0, 0.05) is 20.4 Å². The maximum atomic E-state index is 6.12. The Balaban J connectivity index is 1.85. The molecular weight excluding hydrogens is 316 g/mol. The van der Waals surface area contributed by atoms with Gasteiger partial charge in [0.25, 0.3) is 0 Å². The van der Waals surface area contributed by atoms with Crippen LogP contribution in [-0.4, -0.2) is 15.7 Å². The van der Waals surface area contributed by atoms with E-state index in [9.17, 15) is 0 Å². The predicted molar refractivity (Wildman–Crippen MR) is 85.6 cm³/mol. The molecule has 0 amide bonds. The smallest absolute Gasteiger partial charge is 0.150 e. The van der Waals surface area contributed by atoms with Crippen molar-refractivity contribution in [2.75, 3.05) is 5.75 Å². The maximum absolute atomic E-state index is 6.12. The molecule has 96 valence electrons. The second kappa shape index (κ2) is 4.74. The van der Waals surface area contributed by atoms with Crippen molar-refractivity contribution < 1.29 is 0 Å². The number of hydrogen-bond donors (Lipinski definition) is 0. The van der Waals surface area contributed by atoms with E-state index >= 15 is 0 Å². The number of aromatic nitrogens is 2. The summed E-state index contributed by atoms with van der Waals surface area (Å²) in [6, 6.07) is 4.45. The topological polar surface area (TPSA) is 25.8 Å². The van der Waals surface area contributed by atoms with Gasteiger partial charge in [-0.05, 0) is 29.9 Å². The van der Waals surface area contributed by atoms with Crippen LogP contribution in [0.15, 0.2) is 18.5 Å². The fourth-order valence-corrected chi connectivity index (χ4v) is 5.91. The first-order chi connectivity index (χ1) is 9.31. The summed E-state index contributed by atoms with van der Waals surface area (Å²) < 4.78 is 0.986. The van der Waals surface area contributed by atoms with Crippen LogP contribution >= 0.6 is 46.0 Å². The van der Waals surface area contributed by atoms with E-state index < -0.39 is 0 Å². The molecule has 0 fully saturated rings. The maximum Gasteiger partial charge on any atom is 0.150 e. The van der Waals surface area contributed by atoms with Crippen molar-refractivity contribution in [2.45, 2.75) is 12.2 Å². The number of hydrogen-bond acceptors (Lipinski definition) is 5. The van der Waals surface area contributed by atoms with E-state index in [-0.39, 0.29) is 0 Å². The number of nitrogens with zero attached hydrogens (tertiary/aromatic N) is 2. The van der Waals surface area contributed by atoms with Crippen molar-refractivity contribution in [2.24, 2.45) is 0 Å². The van der Waals surface area contributed by atoms with E-state index in [4.69, 9.17) is 11.6 Å². The van der Waals surface area contributed by atoms with Gasteiger partial charge in [-0.2, -0.15) is 11.8 Å². The molecule has 0 N–H and O–H groups in total. The average Bonchev–Trinajstić information content (AvgIpc) is 3.02.